The highest BCUT2D eigenvalue weighted by Gasteiger charge is 2.47. The Labute approximate surface area is 183 Å². The molecule has 0 saturated carbocycles. The lowest BCUT2D eigenvalue weighted by Crippen LogP contribution is -2.51. The summed E-state index contributed by atoms with van der Waals surface area (Å²) in [7, 11) is -1.63. The van der Waals surface area contributed by atoms with Crippen LogP contribution in [0.4, 0.5) is 0 Å². The maximum atomic E-state index is 2.52. The first kappa shape index (κ1) is 20.6. The molecule has 0 nitrogen and oxygen atoms in total. The molecule has 0 aliphatic heterocycles. The van der Waals surface area contributed by atoms with Gasteiger partial charge in [0.1, 0.15) is 8.80 Å². The zero-order valence-corrected chi connectivity index (χ0v) is 20.2. The van der Waals surface area contributed by atoms with Crippen LogP contribution in [0.3, 0.4) is 0 Å². The van der Waals surface area contributed by atoms with Crippen LogP contribution in [0.1, 0.15) is 44.4 Å². The van der Waals surface area contributed by atoms with Gasteiger partial charge in [-0.25, -0.2) is 0 Å². The van der Waals surface area contributed by atoms with Crippen molar-refractivity contribution in [3.05, 3.63) is 112 Å². The van der Waals surface area contributed by atoms with Crippen molar-refractivity contribution in [2.75, 3.05) is 0 Å². The molecule has 4 rings (SSSR count). The fourth-order valence-electron chi connectivity index (χ4n) is 5.58. The topological polar surface area (TPSA) is 0 Å². The molecule has 0 fully saturated rings. The zero-order chi connectivity index (χ0) is 21.5. The minimum absolute atomic E-state index is 0.0249. The molecule has 30 heavy (non-hydrogen) atoms. The van der Waals surface area contributed by atoms with E-state index >= 15 is 0 Å². The summed E-state index contributed by atoms with van der Waals surface area (Å²) in [6.07, 6.45) is 0. The van der Waals surface area contributed by atoms with Gasteiger partial charge < -0.3 is 0 Å². The first-order chi connectivity index (χ1) is 14.3. The summed E-state index contributed by atoms with van der Waals surface area (Å²) in [5.74, 6) is 0. The van der Waals surface area contributed by atoms with Crippen LogP contribution >= 0.6 is 0 Å². The number of hydrogen-bond acceptors (Lipinski definition) is 0. The Morgan fingerprint density at radius 3 is 1.53 bits per heavy atom. The monoisotopic (exact) mass is 408 g/mol. The second kappa shape index (κ2) is 7.89. The van der Waals surface area contributed by atoms with Gasteiger partial charge in [-0.15, -0.1) is 0 Å². The fourth-order valence-corrected chi connectivity index (χ4v) is 9.84. The van der Waals surface area contributed by atoms with Gasteiger partial charge in [0.2, 0.25) is 0 Å². The molecule has 0 bridgehead atoms. The van der Waals surface area contributed by atoms with E-state index in [9.17, 15) is 0 Å². The smallest absolute Gasteiger partial charge is 0.0629 e. The molecule has 1 unspecified atom stereocenters. The Bertz CT molecular complexity index is 1080. The van der Waals surface area contributed by atoms with E-state index < -0.39 is 8.80 Å². The molecule has 0 spiro atoms. The summed E-state index contributed by atoms with van der Waals surface area (Å²) < 4.78 is 0. The lowest BCUT2D eigenvalue weighted by Gasteiger charge is -2.39. The van der Waals surface area contributed by atoms with E-state index in [0.717, 1.165) is 0 Å². The predicted molar refractivity (Wildman–Crippen MR) is 135 cm³/mol. The van der Waals surface area contributed by atoms with Gasteiger partial charge >= 0.3 is 0 Å². The Balaban J connectivity index is 2.02. The largest absolute Gasteiger partial charge is 0.117 e. The molecule has 0 N–H and O–H groups in total. The number of aryl methyl sites for hydroxylation is 2. The van der Waals surface area contributed by atoms with E-state index in [-0.39, 0.29) is 5.04 Å². The van der Waals surface area contributed by atoms with Crippen LogP contribution in [0, 0.1) is 13.8 Å². The van der Waals surface area contributed by atoms with Crippen molar-refractivity contribution in [1.82, 2.24) is 0 Å². The van der Waals surface area contributed by atoms with Crippen molar-refractivity contribution in [1.29, 1.82) is 0 Å². The quantitative estimate of drug-likeness (QED) is 0.449. The Morgan fingerprint density at radius 2 is 1.07 bits per heavy atom. The van der Waals surface area contributed by atoms with Gasteiger partial charge in [0.05, 0.1) is 0 Å². The maximum absolute atomic E-state index is 2.52. The van der Waals surface area contributed by atoms with Gasteiger partial charge in [0.15, 0.2) is 0 Å². The normalized spacial score (nSPS) is 19.2. The summed E-state index contributed by atoms with van der Waals surface area (Å²) in [6.45, 7) is 14.0. The number of hydrogen-bond donors (Lipinski definition) is 0. The molecule has 1 aliphatic rings. The van der Waals surface area contributed by atoms with Crippen molar-refractivity contribution in [3.63, 3.8) is 0 Å². The number of rotatable bonds is 4. The fraction of sp³-hybridized carbons (Fsp3) is 0.241. The predicted octanol–water partition coefficient (Wildman–Crippen LogP) is 6.23. The molecule has 1 atom stereocenters. The highest BCUT2D eigenvalue weighted by atomic mass is 28.3. The van der Waals surface area contributed by atoms with E-state index in [1.54, 1.807) is 5.57 Å². The summed E-state index contributed by atoms with van der Waals surface area (Å²) in [5.41, 5.74) is 10.1. The van der Waals surface area contributed by atoms with Gasteiger partial charge in [0, 0.05) is 5.04 Å². The highest BCUT2D eigenvalue weighted by Crippen LogP contribution is 2.58. The van der Waals surface area contributed by atoms with Gasteiger partial charge in [-0.3, -0.25) is 0 Å². The third kappa shape index (κ3) is 3.32. The van der Waals surface area contributed by atoms with E-state index in [0.29, 0.717) is 0 Å². The lowest BCUT2D eigenvalue weighted by atomic mass is 9.89. The van der Waals surface area contributed by atoms with Gasteiger partial charge in [-0.1, -0.05) is 113 Å². The molecule has 3 aromatic carbocycles. The van der Waals surface area contributed by atoms with Crippen LogP contribution < -0.4 is 10.4 Å². The summed E-state index contributed by atoms with van der Waals surface area (Å²) in [6, 6.07) is 29.5. The van der Waals surface area contributed by atoms with Crippen molar-refractivity contribution in [2.24, 2.45) is 0 Å². The second-order valence-corrected chi connectivity index (χ2v) is 12.4. The lowest BCUT2D eigenvalue weighted by molar-refractivity contribution is 0.901. The first-order valence-electron chi connectivity index (χ1n) is 10.9. The van der Waals surface area contributed by atoms with Crippen LogP contribution in [-0.4, -0.2) is 8.80 Å². The summed E-state index contributed by atoms with van der Waals surface area (Å²) in [5, 5.41) is 3.04. The third-order valence-electron chi connectivity index (χ3n) is 7.15. The average Bonchev–Trinajstić information content (AvgIpc) is 2.89. The summed E-state index contributed by atoms with van der Waals surface area (Å²) in [4.78, 5) is 0. The van der Waals surface area contributed by atoms with E-state index in [2.05, 4.69) is 120 Å². The minimum Gasteiger partial charge on any atom is -0.0629 e. The number of allylic oxidation sites excluding steroid dienone is 4. The maximum Gasteiger partial charge on any atom is 0.117 e. The van der Waals surface area contributed by atoms with Gasteiger partial charge in [0.25, 0.3) is 0 Å². The second-order valence-electron chi connectivity index (χ2n) is 9.08. The SMILES string of the molecule is CC1=C(C)C(C)([SiH](c2ccccc2)c2ccccc2)C(c2cc(C)cc(C)c2)=C1C. The molecule has 0 amide bonds. The van der Waals surface area contributed by atoms with Crippen molar-refractivity contribution in [3.8, 4) is 0 Å². The van der Waals surface area contributed by atoms with Crippen molar-refractivity contribution < 1.29 is 0 Å². The number of benzene rings is 3. The van der Waals surface area contributed by atoms with Crippen LogP contribution in [0.25, 0.3) is 5.57 Å². The molecule has 152 valence electrons. The zero-order valence-electron chi connectivity index (χ0n) is 19.1. The molecule has 0 saturated heterocycles. The molecule has 0 heterocycles. The molecular formula is C29H32Si. The third-order valence-corrected chi connectivity index (χ3v) is 11.1. The van der Waals surface area contributed by atoms with Crippen LogP contribution in [0.5, 0.6) is 0 Å². The molecule has 1 aliphatic carbocycles. The standard InChI is InChI=1S/C29H32Si/c1-20-17-21(2)19-25(18-20)28-23(4)22(3)24(5)29(28,6)30(26-13-9-7-10-14-26)27-15-11-8-12-16-27/h7-19,30H,1-6H3. The van der Waals surface area contributed by atoms with Crippen LogP contribution in [0.2, 0.25) is 5.04 Å². The molecule has 0 aromatic heterocycles. The average molecular weight is 409 g/mol. The Kier molecular flexibility index (Phi) is 5.42. The molecular weight excluding hydrogens is 376 g/mol. The van der Waals surface area contributed by atoms with E-state index in [1.807, 2.05) is 0 Å². The molecule has 1 heteroatoms. The Hall–Kier alpha value is -2.64. The van der Waals surface area contributed by atoms with Crippen LogP contribution in [0.15, 0.2) is 95.6 Å². The van der Waals surface area contributed by atoms with Gasteiger partial charge in [-0.05, 0) is 56.9 Å². The van der Waals surface area contributed by atoms with Crippen molar-refractivity contribution in [2.45, 2.75) is 46.6 Å². The first-order valence-corrected chi connectivity index (χ1v) is 12.7. The van der Waals surface area contributed by atoms with E-state index in [1.165, 1.54) is 43.8 Å². The van der Waals surface area contributed by atoms with Crippen molar-refractivity contribution >= 4 is 24.7 Å². The van der Waals surface area contributed by atoms with Crippen LogP contribution in [-0.2, 0) is 0 Å². The molecule has 0 radical (unpaired) electrons. The molecule has 3 aromatic rings. The Morgan fingerprint density at radius 1 is 0.600 bits per heavy atom. The van der Waals surface area contributed by atoms with Gasteiger partial charge in [-0.2, -0.15) is 0 Å². The van der Waals surface area contributed by atoms with E-state index in [4.69, 9.17) is 0 Å². The summed E-state index contributed by atoms with van der Waals surface area (Å²) >= 11 is 0. The highest BCUT2D eigenvalue weighted by molar-refractivity contribution is 6.89. The minimum atomic E-state index is -1.63.